The highest BCUT2D eigenvalue weighted by Crippen LogP contribution is 2.24. The molecule has 0 bridgehead atoms. The Hall–Kier alpha value is -3.21. The van der Waals surface area contributed by atoms with Crippen molar-refractivity contribution < 1.29 is 4.79 Å². The molecule has 0 aliphatic heterocycles. The standard InChI is InChI=1S/C23H26N4O/c1-4-17-11-10-12-18(5-2)21(17)26-22(28)19-15-24-23(25-16-19)27(6-3)20-13-8-7-9-14-20/h7-16H,4-6H2,1-3H3,(H,26,28). The van der Waals surface area contributed by atoms with Crippen molar-refractivity contribution in [2.45, 2.75) is 33.6 Å². The van der Waals surface area contributed by atoms with Gasteiger partial charge in [-0.1, -0.05) is 50.2 Å². The molecule has 28 heavy (non-hydrogen) atoms. The van der Waals surface area contributed by atoms with Gasteiger partial charge in [0, 0.05) is 30.3 Å². The second-order valence-electron chi connectivity index (χ2n) is 6.46. The summed E-state index contributed by atoms with van der Waals surface area (Å²) in [5.74, 6) is 0.387. The Bertz CT molecular complexity index is 901. The monoisotopic (exact) mass is 374 g/mol. The molecule has 2 aromatic carbocycles. The Morgan fingerprint density at radius 1 is 0.893 bits per heavy atom. The Morgan fingerprint density at radius 3 is 2.04 bits per heavy atom. The van der Waals surface area contributed by atoms with E-state index in [2.05, 4.69) is 29.1 Å². The Kier molecular flexibility index (Phi) is 6.37. The van der Waals surface area contributed by atoms with Crippen molar-refractivity contribution in [2.75, 3.05) is 16.8 Å². The molecule has 5 heteroatoms. The van der Waals surface area contributed by atoms with Crippen LogP contribution in [0.15, 0.2) is 60.9 Å². The van der Waals surface area contributed by atoms with Crippen LogP contribution < -0.4 is 10.2 Å². The molecular formula is C23H26N4O. The largest absolute Gasteiger partial charge is 0.321 e. The second kappa shape index (κ2) is 9.13. The number of rotatable bonds is 7. The van der Waals surface area contributed by atoms with Crippen molar-refractivity contribution in [3.63, 3.8) is 0 Å². The number of amides is 1. The molecule has 1 amide bonds. The maximum atomic E-state index is 12.8. The van der Waals surface area contributed by atoms with E-state index in [0.717, 1.165) is 41.9 Å². The van der Waals surface area contributed by atoms with E-state index in [9.17, 15) is 4.79 Å². The van der Waals surface area contributed by atoms with Gasteiger partial charge in [0.05, 0.1) is 5.56 Å². The van der Waals surface area contributed by atoms with Gasteiger partial charge in [0.1, 0.15) is 0 Å². The lowest BCUT2D eigenvalue weighted by atomic mass is 10.0. The van der Waals surface area contributed by atoms with Crippen molar-refractivity contribution in [2.24, 2.45) is 0 Å². The zero-order chi connectivity index (χ0) is 19.9. The van der Waals surface area contributed by atoms with Gasteiger partial charge in [-0.3, -0.25) is 4.79 Å². The molecular weight excluding hydrogens is 348 g/mol. The number of carbonyl (C=O) groups is 1. The normalized spacial score (nSPS) is 10.5. The van der Waals surface area contributed by atoms with Crippen molar-refractivity contribution in [3.8, 4) is 0 Å². The quantitative estimate of drug-likeness (QED) is 0.631. The zero-order valence-corrected chi connectivity index (χ0v) is 16.6. The minimum Gasteiger partial charge on any atom is -0.321 e. The van der Waals surface area contributed by atoms with Gasteiger partial charge in [0.25, 0.3) is 5.91 Å². The smallest absolute Gasteiger partial charge is 0.258 e. The van der Waals surface area contributed by atoms with Crippen molar-refractivity contribution in [1.82, 2.24) is 9.97 Å². The first-order chi connectivity index (χ1) is 13.7. The molecule has 0 spiro atoms. The van der Waals surface area contributed by atoms with Gasteiger partial charge in [0.2, 0.25) is 5.95 Å². The number of anilines is 3. The van der Waals surface area contributed by atoms with Crippen LogP contribution in [0.5, 0.6) is 0 Å². The van der Waals surface area contributed by atoms with Gasteiger partial charge in [-0.05, 0) is 43.0 Å². The summed E-state index contributed by atoms with van der Waals surface area (Å²) in [4.78, 5) is 23.6. The topological polar surface area (TPSA) is 58.1 Å². The van der Waals surface area contributed by atoms with E-state index in [1.165, 1.54) is 0 Å². The highest BCUT2D eigenvalue weighted by molar-refractivity contribution is 6.04. The van der Waals surface area contributed by atoms with E-state index in [1.807, 2.05) is 60.4 Å². The van der Waals surface area contributed by atoms with Crippen molar-refractivity contribution in [1.29, 1.82) is 0 Å². The number of carbonyl (C=O) groups excluding carboxylic acids is 1. The van der Waals surface area contributed by atoms with Crippen LogP contribution >= 0.6 is 0 Å². The van der Waals surface area contributed by atoms with Gasteiger partial charge >= 0.3 is 0 Å². The highest BCUT2D eigenvalue weighted by atomic mass is 16.1. The maximum absolute atomic E-state index is 12.8. The summed E-state index contributed by atoms with van der Waals surface area (Å²) in [6.07, 6.45) is 4.90. The van der Waals surface area contributed by atoms with Gasteiger partial charge in [-0.15, -0.1) is 0 Å². The van der Waals surface area contributed by atoms with Crippen LogP contribution in [0, 0.1) is 0 Å². The second-order valence-corrected chi connectivity index (χ2v) is 6.46. The van der Waals surface area contributed by atoms with Crippen molar-refractivity contribution in [3.05, 3.63) is 77.6 Å². The Labute approximate surface area is 166 Å². The van der Waals surface area contributed by atoms with Crippen LogP contribution in [0.25, 0.3) is 0 Å². The first-order valence-corrected chi connectivity index (χ1v) is 9.74. The molecule has 5 nitrogen and oxygen atoms in total. The molecule has 0 radical (unpaired) electrons. The minimum atomic E-state index is -0.190. The van der Waals surface area contributed by atoms with Gasteiger partial charge in [0.15, 0.2) is 0 Å². The predicted octanol–water partition coefficient (Wildman–Crippen LogP) is 5.01. The number of hydrogen-bond acceptors (Lipinski definition) is 4. The first-order valence-electron chi connectivity index (χ1n) is 9.74. The van der Waals surface area contributed by atoms with E-state index >= 15 is 0 Å². The molecule has 1 aromatic heterocycles. The SMILES string of the molecule is CCc1cccc(CC)c1NC(=O)c1cnc(N(CC)c2ccccc2)nc1. The molecule has 0 aliphatic rings. The Morgan fingerprint density at radius 2 is 1.50 bits per heavy atom. The zero-order valence-electron chi connectivity index (χ0n) is 16.6. The van der Waals surface area contributed by atoms with Crippen LogP contribution in [0.1, 0.15) is 42.3 Å². The predicted molar refractivity (Wildman–Crippen MR) is 114 cm³/mol. The van der Waals surface area contributed by atoms with E-state index in [0.29, 0.717) is 11.5 Å². The van der Waals surface area contributed by atoms with E-state index in [4.69, 9.17) is 0 Å². The fourth-order valence-corrected chi connectivity index (χ4v) is 3.21. The summed E-state index contributed by atoms with van der Waals surface area (Å²) < 4.78 is 0. The minimum absolute atomic E-state index is 0.190. The lowest BCUT2D eigenvalue weighted by Crippen LogP contribution is -2.20. The van der Waals surface area contributed by atoms with Crippen LogP contribution in [0.4, 0.5) is 17.3 Å². The first kappa shape index (κ1) is 19.5. The molecule has 144 valence electrons. The number of benzene rings is 2. The fraction of sp³-hybridized carbons (Fsp3) is 0.261. The third-order valence-corrected chi connectivity index (χ3v) is 4.76. The summed E-state index contributed by atoms with van der Waals surface area (Å²) in [6.45, 7) is 6.96. The van der Waals surface area contributed by atoms with Crippen molar-refractivity contribution >= 4 is 23.2 Å². The van der Waals surface area contributed by atoms with Crippen LogP contribution in [0.2, 0.25) is 0 Å². The number of para-hydroxylation sites is 2. The number of nitrogens with one attached hydrogen (secondary N) is 1. The van der Waals surface area contributed by atoms with Gasteiger partial charge < -0.3 is 10.2 Å². The summed E-state index contributed by atoms with van der Waals surface area (Å²) in [7, 11) is 0. The van der Waals surface area contributed by atoms with E-state index < -0.39 is 0 Å². The lowest BCUT2D eigenvalue weighted by molar-refractivity contribution is 0.102. The highest BCUT2D eigenvalue weighted by Gasteiger charge is 2.14. The average molecular weight is 374 g/mol. The summed E-state index contributed by atoms with van der Waals surface area (Å²) in [6, 6.07) is 16.1. The fourth-order valence-electron chi connectivity index (χ4n) is 3.21. The molecule has 1 N–H and O–H groups in total. The summed E-state index contributed by atoms with van der Waals surface area (Å²) >= 11 is 0. The number of aromatic nitrogens is 2. The molecule has 1 heterocycles. The maximum Gasteiger partial charge on any atom is 0.258 e. The van der Waals surface area contributed by atoms with Crippen LogP contribution in [-0.2, 0) is 12.8 Å². The molecule has 0 saturated carbocycles. The van der Waals surface area contributed by atoms with E-state index in [1.54, 1.807) is 12.4 Å². The number of hydrogen-bond donors (Lipinski definition) is 1. The number of aryl methyl sites for hydroxylation is 2. The van der Waals surface area contributed by atoms with Gasteiger partial charge in [-0.2, -0.15) is 0 Å². The lowest BCUT2D eigenvalue weighted by Gasteiger charge is -2.20. The molecule has 3 rings (SSSR count). The molecule has 0 atom stereocenters. The number of nitrogens with zero attached hydrogens (tertiary/aromatic N) is 3. The molecule has 0 fully saturated rings. The summed E-state index contributed by atoms with van der Waals surface area (Å²) in [5.41, 5.74) is 4.63. The molecule has 0 unspecified atom stereocenters. The third-order valence-electron chi connectivity index (χ3n) is 4.76. The third kappa shape index (κ3) is 4.19. The van der Waals surface area contributed by atoms with E-state index in [-0.39, 0.29) is 5.91 Å². The molecule has 0 saturated heterocycles. The molecule has 3 aromatic rings. The molecule has 0 aliphatic carbocycles. The Balaban J connectivity index is 1.81. The van der Waals surface area contributed by atoms with Crippen LogP contribution in [0.3, 0.4) is 0 Å². The van der Waals surface area contributed by atoms with Gasteiger partial charge in [-0.25, -0.2) is 9.97 Å². The average Bonchev–Trinajstić information content (AvgIpc) is 2.75. The van der Waals surface area contributed by atoms with Crippen LogP contribution in [-0.4, -0.2) is 22.4 Å². The summed E-state index contributed by atoms with van der Waals surface area (Å²) in [5, 5.41) is 3.06.